The number of amides is 2. The van der Waals surface area contributed by atoms with E-state index in [0.717, 1.165) is 29.0 Å². The third-order valence-electron chi connectivity index (χ3n) is 9.64. The molecule has 0 bridgehead atoms. The summed E-state index contributed by atoms with van der Waals surface area (Å²) in [7, 11) is -16.5. The largest absolute Gasteiger partial charge is 0.492 e. The summed E-state index contributed by atoms with van der Waals surface area (Å²) in [5, 5.41) is 36.5. The maximum atomic E-state index is 13.0. The molecule has 27 nitrogen and oxygen atoms in total. The molecule has 10 N–H and O–H groups in total. The Morgan fingerprint density at radius 3 is 2.46 bits per heavy atom. The average molecular weight is 1070 g/mol. The molecule has 3 aromatic heterocycles. The highest BCUT2D eigenvalue weighted by atomic mass is 32.2. The van der Waals surface area contributed by atoms with Crippen molar-refractivity contribution in [1.82, 2.24) is 35.1 Å². The Morgan fingerprint density at radius 1 is 1.07 bits per heavy atom. The van der Waals surface area contributed by atoms with E-state index in [9.17, 15) is 63.1 Å². The van der Waals surface area contributed by atoms with E-state index in [2.05, 4.69) is 45.5 Å². The van der Waals surface area contributed by atoms with Gasteiger partial charge in [0.1, 0.15) is 58.0 Å². The van der Waals surface area contributed by atoms with E-state index >= 15 is 0 Å². The molecule has 1 aromatic carbocycles. The number of carbonyl (C=O) groups is 3. The lowest BCUT2D eigenvalue weighted by atomic mass is 9.87. The van der Waals surface area contributed by atoms with Gasteiger partial charge in [0, 0.05) is 36.2 Å². The number of aryl methyl sites for hydroxylation is 1. The summed E-state index contributed by atoms with van der Waals surface area (Å²) in [6, 6.07) is 7.25. The van der Waals surface area contributed by atoms with Gasteiger partial charge in [-0.1, -0.05) is 39.5 Å². The molecular formula is C37H50N9O18P3S2. The van der Waals surface area contributed by atoms with Crippen molar-refractivity contribution in [3.05, 3.63) is 47.0 Å². The van der Waals surface area contributed by atoms with Gasteiger partial charge in [-0.3, -0.25) is 32.5 Å². The predicted octanol–water partition coefficient (Wildman–Crippen LogP) is 2.32. The number of nitrogen functional groups attached to an aromatic ring is 1. The molecule has 2 amide bonds. The van der Waals surface area contributed by atoms with E-state index < -0.39 is 84.6 Å². The number of ether oxygens (including phenoxy) is 2. The molecule has 5 rings (SSSR count). The second-order valence-electron chi connectivity index (χ2n) is 16.2. The molecule has 69 heavy (non-hydrogen) atoms. The molecule has 4 heterocycles. The number of anilines is 1. The minimum atomic E-state index is -5.60. The van der Waals surface area contributed by atoms with Gasteiger partial charge in [0.2, 0.25) is 16.9 Å². The van der Waals surface area contributed by atoms with Gasteiger partial charge in [0.15, 0.2) is 17.7 Å². The minimum Gasteiger partial charge on any atom is -0.492 e. The first-order valence-corrected chi connectivity index (χ1v) is 26.7. The van der Waals surface area contributed by atoms with Crippen molar-refractivity contribution >= 4 is 80.5 Å². The summed E-state index contributed by atoms with van der Waals surface area (Å²) in [4.78, 5) is 94.3. The van der Waals surface area contributed by atoms with Gasteiger partial charge in [-0.15, -0.1) is 11.3 Å². The van der Waals surface area contributed by atoms with E-state index in [1.54, 1.807) is 25.1 Å². The maximum Gasteiger partial charge on any atom is 0.481 e. The SMILES string of the molecule is Cc1nc(-c2ccc(OCC(C)C)c(C#N)c2)sc1C(=O)SCCNC(=O)CCNC(=O)C(O)C(C)(C)COP(=O)(O)OP(=O)(O)OCC1OC(n2cnc3c(N)ncnc32)C(O)C1OP(=O)(O)O. The van der Waals surface area contributed by atoms with Crippen LogP contribution in [0.2, 0.25) is 0 Å². The van der Waals surface area contributed by atoms with Crippen molar-refractivity contribution in [2.45, 2.75) is 71.7 Å². The number of carbonyl (C=O) groups excluding carboxylic acids is 3. The van der Waals surface area contributed by atoms with E-state index in [1.165, 1.54) is 25.2 Å². The van der Waals surface area contributed by atoms with E-state index in [0.29, 0.717) is 39.1 Å². The quantitative estimate of drug-likeness (QED) is 0.0359. The minimum absolute atomic E-state index is 0.0208. The highest BCUT2D eigenvalue weighted by Gasteiger charge is 2.50. The number of nitriles is 1. The number of aliphatic hydroxyl groups excluding tert-OH is 2. The predicted molar refractivity (Wildman–Crippen MR) is 244 cm³/mol. The number of phosphoric acid groups is 3. The molecule has 32 heteroatoms. The zero-order valence-electron chi connectivity index (χ0n) is 37.3. The Labute approximate surface area is 401 Å². The van der Waals surface area contributed by atoms with Crippen molar-refractivity contribution in [2.24, 2.45) is 11.3 Å². The van der Waals surface area contributed by atoms with Crippen LogP contribution in [0.3, 0.4) is 0 Å². The van der Waals surface area contributed by atoms with Crippen molar-refractivity contribution in [2.75, 3.05) is 44.4 Å². The fraction of sp³-hybridized carbons (Fsp3) is 0.514. The molecule has 4 aromatic rings. The number of fused-ring (bicyclic) bond motifs is 1. The third-order valence-corrected chi connectivity index (χ3v) is 14.9. The van der Waals surface area contributed by atoms with Crippen molar-refractivity contribution in [1.29, 1.82) is 5.26 Å². The zero-order chi connectivity index (χ0) is 51.1. The summed E-state index contributed by atoms with van der Waals surface area (Å²) in [6.07, 6.45) is -7.09. The number of aliphatic hydroxyl groups is 2. The highest BCUT2D eigenvalue weighted by molar-refractivity contribution is 8.14. The normalized spacial score (nSPS) is 19.7. The van der Waals surface area contributed by atoms with Gasteiger partial charge in [0.25, 0.3) is 0 Å². The van der Waals surface area contributed by atoms with E-state index in [4.69, 9.17) is 24.3 Å². The molecule has 0 aliphatic carbocycles. The number of imidazole rings is 1. The second kappa shape index (κ2) is 23.3. The lowest BCUT2D eigenvalue weighted by Crippen LogP contribution is -2.46. The van der Waals surface area contributed by atoms with Gasteiger partial charge in [-0.05, 0) is 31.0 Å². The lowest BCUT2D eigenvalue weighted by molar-refractivity contribution is -0.137. The first-order valence-electron chi connectivity index (χ1n) is 20.4. The standard InChI is InChI=1S/C37H50N9O18P3S2/c1-19(2)14-59-23-7-6-21(12-22(23)13-38)34-45-20(3)29(69-34)36(51)68-11-10-40-25(47)8-9-41-33(50)30(49)37(4,5)16-61-67(57,58)64-66(55,56)60-15-24-28(63-65(52,53)54)27(48)35(62-24)46-18-44-26-31(39)42-17-43-32(26)46/h6-7,12,17-19,24,27-28,30,35,48-49H,8-11,14-16H2,1-5H3,(H,40,47)(H,41,50)(H,55,56)(H,57,58)(H2,39,42,43)(H2,52,53,54). The number of aromatic nitrogens is 5. The highest BCUT2D eigenvalue weighted by Crippen LogP contribution is 2.61. The number of thiazole rings is 1. The van der Waals surface area contributed by atoms with Crippen LogP contribution in [-0.2, 0) is 45.9 Å². The van der Waals surface area contributed by atoms with Crippen LogP contribution < -0.4 is 21.1 Å². The summed E-state index contributed by atoms with van der Waals surface area (Å²) in [6.45, 7) is 6.39. The summed E-state index contributed by atoms with van der Waals surface area (Å²) in [5.74, 6) is -0.617. The van der Waals surface area contributed by atoms with Gasteiger partial charge in [0.05, 0.1) is 37.4 Å². The Bertz CT molecular complexity index is 2700. The number of nitrogens with one attached hydrogen (secondary N) is 2. The number of hydrogen-bond acceptors (Lipinski definition) is 22. The van der Waals surface area contributed by atoms with Gasteiger partial charge in [-0.2, -0.15) is 9.57 Å². The number of hydrogen-bond donors (Lipinski definition) is 9. The Morgan fingerprint density at radius 2 is 1.78 bits per heavy atom. The first-order chi connectivity index (χ1) is 32.2. The fourth-order valence-corrected chi connectivity index (χ4v) is 10.9. The van der Waals surface area contributed by atoms with Gasteiger partial charge in [-0.25, -0.2) is 33.6 Å². The number of phosphoric ester groups is 3. The Kier molecular flexibility index (Phi) is 18.8. The molecular weight excluding hydrogens is 1020 g/mol. The van der Waals surface area contributed by atoms with Gasteiger partial charge >= 0.3 is 23.5 Å². The molecule has 0 spiro atoms. The van der Waals surface area contributed by atoms with Crippen LogP contribution in [0.1, 0.15) is 61.3 Å². The number of rotatable bonds is 24. The monoisotopic (exact) mass is 1070 g/mol. The van der Waals surface area contributed by atoms with Crippen LogP contribution in [0.15, 0.2) is 30.9 Å². The molecule has 7 unspecified atom stereocenters. The fourth-order valence-electron chi connectivity index (χ4n) is 6.18. The van der Waals surface area contributed by atoms with Crippen LogP contribution in [0.5, 0.6) is 5.75 Å². The van der Waals surface area contributed by atoms with Crippen LogP contribution in [-0.4, -0.2) is 134 Å². The van der Waals surface area contributed by atoms with Crippen molar-refractivity contribution in [3.63, 3.8) is 0 Å². The summed E-state index contributed by atoms with van der Waals surface area (Å²) < 4.78 is 68.2. The van der Waals surface area contributed by atoms with Crippen molar-refractivity contribution < 1.29 is 85.2 Å². The van der Waals surface area contributed by atoms with Crippen LogP contribution >= 0.6 is 46.6 Å². The maximum absolute atomic E-state index is 13.0. The molecule has 0 radical (unpaired) electrons. The molecule has 1 aliphatic heterocycles. The summed E-state index contributed by atoms with van der Waals surface area (Å²) in [5.41, 5.74) is 5.72. The molecule has 0 saturated carbocycles. The topological polar surface area (TPSA) is 410 Å². The van der Waals surface area contributed by atoms with Gasteiger partial charge < -0.3 is 55.6 Å². The number of nitrogens with two attached hydrogens (primary N) is 1. The molecule has 1 fully saturated rings. The van der Waals surface area contributed by atoms with Crippen LogP contribution in [0.4, 0.5) is 5.82 Å². The van der Waals surface area contributed by atoms with Crippen molar-refractivity contribution in [3.8, 4) is 22.4 Å². The number of thioether (sulfide) groups is 1. The molecule has 7 atom stereocenters. The average Bonchev–Trinajstić information content (AvgIpc) is 3.96. The lowest BCUT2D eigenvalue weighted by Gasteiger charge is -2.30. The second-order valence-corrected chi connectivity index (χ2v) is 22.5. The third kappa shape index (κ3) is 15.3. The summed E-state index contributed by atoms with van der Waals surface area (Å²) >= 11 is 2.14. The van der Waals surface area contributed by atoms with E-state index in [1.807, 2.05) is 13.8 Å². The number of benzene rings is 1. The van der Waals surface area contributed by atoms with Crippen LogP contribution in [0.25, 0.3) is 21.7 Å². The molecule has 1 aliphatic rings. The smallest absolute Gasteiger partial charge is 0.481 e. The van der Waals surface area contributed by atoms with Crippen LogP contribution in [0, 0.1) is 29.6 Å². The first kappa shape index (κ1) is 55.6. The zero-order valence-corrected chi connectivity index (χ0v) is 41.6. The van der Waals surface area contributed by atoms with E-state index in [-0.39, 0.29) is 53.3 Å². The Hall–Kier alpha value is -4.30. The molecule has 378 valence electrons. The molecule has 1 saturated heterocycles. The number of nitrogens with zero attached hydrogens (tertiary/aromatic N) is 6. The Balaban J connectivity index is 1.03.